The Morgan fingerprint density at radius 1 is 1.21 bits per heavy atom. The van der Waals surface area contributed by atoms with Crippen LogP contribution in [-0.2, 0) is 4.79 Å². The van der Waals surface area contributed by atoms with Crippen LogP contribution in [0.4, 0.5) is 0 Å². The Hall–Kier alpha value is -1.26. The molecule has 0 aliphatic heterocycles. The largest absolute Gasteiger partial charge is 0.409 e. The zero-order valence-electron chi connectivity index (χ0n) is 11.7. The van der Waals surface area contributed by atoms with Gasteiger partial charge in [0.2, 0.25) is 5.91 Å². The van der Waals surface area contributed by atoms with Crippen molar-refractivity contribution in [3.8, 4) is 0 Å². The molecule has 0 aromatic rings. The summed E-state index contributed by atoms with van der Waals surface area (Å²) in [6.45, 7) is 2.08. The van der Waals surface area contributed by atoms with Gasteiger partial charge in [0.05, 0.1) is 0 Å². The lowest BCUT2D eigenvalue weighted by atomic mass is 9.81. The van der Waals surface area contributed by atoms with Crippen molar-refractivity contribution in [2.45, 2.75) is 70.3 Å². The minimum atomic E-state index is -0.614. The average molecular weight is 267 g/mol. The van der Waals surface area contributed by atoms with Crippen molar-refractivity contribution in [1.82, 2.24) is 5.32 Å². The molecule has 0 aromatic heterocycles. The number of rotatable bonds is 4. The quantitative estimate of drug-likeness (QED) is 0.315. The Morgan fingerprint density at radius 3 is 2.21 bits per heavy atom. The van der Waals surface area contributed by atoms with Gasteiger partial charge in [-0.2, -0.15) is 0 Å². The van der Waals surface area contributed by atoms with E-state index in [4.69, 9.17) is 10.9 Å². The van der Waals surface area contributed by atoms with Crippen molar-refractivity contribution < 1.29 is 10.0 Å². The van der Waals surface area contributed by atoms with Gasteiger partial charge in [0, 0.05) is 5.41 Å². The molecule has 0 atom stereocenters. The fourth-order valence-electron chi connectivity index (χ4n) is 3.66. The molecule has 2 fully saturated rings. The first-order valence-corrected chi connectivity index (χ1v) is 7.39. The van der Waals surface area contributed by atoms with E-state index < -0.39 is 5.54 Å². The topological polar surface area (TPSA) is 87.7 Å². The van der Waals surface area contributed by atoms with Gasteiger partial charge in [-0.25, -0.2) is 0 Å². The van der Waals surface area contributed by atoms with Crippen LogP contribution >= 0.6 is 0 Å². The highest BCUT2D eigenvalue weighted by Gasteiger charge is 2.46. The minimum Gasteiger partial charge on any atom is -0.409 e. The molecular formula is C14H25N3O2. The average Bonchev–Trinajstić information content (AvgIpc) is 3.07. The zero-order chi connectivity index (χ0) is 13.9. The smallest absolute Gasteiger partial charge is 0.227 e. The third kappa shape index (κ3) is 2.42. The summed E-state index contributed by atoms with van der Waals surface area (Å²) < 4.78 is 0. The summed E-state index contributed by atoms with van der Waals surface area (Å²) in [5.74, 6) is 0.253. The number of nitrogens with one attached hydrogen (secondary N) is 1. The number of carbonyl (C=O) groups excluding carboxylic acids is 1. The Bertz CT molecular complexity index is 367. The molecule has 2 aliphatic carbocycles. The third-order valence-corrected chi connectivity index (χ3v) is 5.13. The van der Waals surface area contributed by atoms with Gasteiger partial charge >= 0.3 is 0 Å². The van der Waals surface area contributed by atoms with E-state index in [1.165, 1.54) is 0 Å². The lowest BCUT2D eigenvalue weighted by Gasteiger charge is -2.34. The lowest BCUT2D eigenvalue weighted by Crippen LogP contribution is -2.58. The molecule has 0 unspecified atom stereocenters. The van der Waals surface area contributed by atoms with Crippen molar-refractivity contribution in [2.75, 3.05) is 0 Å². The number of nitrogens with zero attached hydrogens (tertiary/aromatic N) is 1. The van der Waals surface area contributed by atoms with E-state index in [9.17, 15) is 4.79 Å². The Balaban J connectivity index is 2.16. The van der Waals surface area contributed by atoms with Crippen LogP contribution in [0.3, 0.4) is 0 Å². The van der Waals surface area contributed by atoms with Gasteiger partial charge < -0.3 is 16.3 Å². The molecule has 0 bridgehead atoms. The van der Waals surface area contributed by atoms with Gasteiger partial charge in [0.25, 0.3) is 0 Å². The maximum atomic E-state index is 12.7. The number of nitrogens with two attached hydrogens (primary N) is 1. The summed E-state index contributed by atoms with van der Waals surface area (Å²) in [5.41, 5.74) is 4.98. The van der Waals surface area contributed by atoms with Gasteiger partial charge in [0.15, 0.2) is 5.84 Å². The van der Waals surface area contributed by atoms with E-state index in [2.05, 4.69) is 17.4 Å². The highest BCUT2D eigenvalue weighted by molar-refractivity contribution is 5.95. The minimum absolute atomic E-state index is 0.0981. The van der Waals surface area contributed by atoms with Crippen molar-refractivity contribution in [2.24, 2.45) is 16.3 Å². The molecule has 19 heavy (non-hydrogen) atoms. The van der Waals surface area contributed by atoms with Crippen LogP contribution in [0, 0.1) is 5.41 Å². The van der Waals surface area contributed by atoms with E-state index in [0.717, 1.165) is 57.8 Å². The van der Waals surface area contributed by atoms with E-state index in [1.807, 2.05) is 0 Å². The van der Waals surface area contributed by atoms with Crippen LogP contribution in [-0.4, -0.2) is 22.5 Å². The van der Waals surface area contributed by atoms with Gasteiger partial charge in [-0.1, -0.05) is 37.8 Å². The van der Waals surface area contributed by atoms with Crippen molar-refractivity contribution in [3.05, 3.63) is 0 Å². The second kappa shape index (κ2) is 5.39. The first kappa shape index (κ1) is 14.2. The second-order valence-corrected chi connectivity index (χ2v) is 6.07. The molecule has 2 saturated carbocycles. The Morgan fingerprint density at radius 2 is 1.74 bits per heavy atom. The fraction of sp³-hybridized carbons (Fsp3) is 0.857. The first-order valence-electron chi connectivity index (χ1n) is 7.39. The fourth-order valence-corrected chi connectivity index (χ4v) is 3.66. The monoisotopic (exact) mass is 267 g/mol. The van der Waals surface area contributed by atoms with Crippen LogP contribution in [0.1, 0.15) is 64.7 Å². The molecule has 5 nitrogen and oxygen atoms in total. The van der Waals surface area contributed by atoms with Gasteiger partial charge in [-0.15, -0.1) is 0 Å². The molecule has 0 spiro atoms. The van der Waals surface area contributed by atoms with Crippen LogP contribution < -0.4 is 11.1 Å². The van der Waals surface area contributed by atoms with Gasteiger partial charge in [-0.3, -0.25) is 4.79 Å². The molecule has 2 aliphatic rings. The number of amides is 1. The molecule has 0 saturated heterocycles. The lowest BCUT2D eigenvalue weighted by molar-refractivity contribution is -0.132. The second-order valence-electron chi connectivity index (χ2n) is 6.07. The summed E-state index contributed by atoms with van der Waals surface area (Å²) >= 11 is 0. The molecule has 2 rings (SSSR count). The maximum Gasteiger partial charge on any atom is 0.227 e. The molecular weight excluding hydrogens is 242 g/mol. The maximum absolute atomic E-state index is 12.7. The Kier molecular flexibility index (Phi) is 4.02. The van der Waals surface area contributed by atoms with Crippen molar-refractivity contribution in [1.29, 1.82) is 0 Å². The molecule has 4 N–H and O–H groups in total. The summed E-state index contributed by atoms with van der Waals surface area (Å²) in [4.78, 5) is 12.7. The van der Waals surface area contributed by atoms with Crippen LogP contribution in [0.25, 0.3) is 0 Å². The number of amidine groups is 1. The third-order valence-electron chi connectivity index (χ3n) is 5.13. The molecule has 5 heteroatoms. The SMILES string of the molecule is CCC1(C(=O)NC2(C(N)=NO)CCCC2)CCCC1. The summed E-state index contributed by atoms with van der Waals surface area (Å²) in [7, 11) is 0. The predicted molar refractivity (Wildman–Crippen MR) is 73.9 cm³/mol. The number of hydrogen-bond acceptors (Lipinski definition) is 3. The van der Waals surface area contributed by atoms with Crippen LogP contribution in [0.5, 0.6) is 0 Å². The number of oxime groups is 1. The standard InChI is InChI=1S/C14H25N3O2/c1-2-13(7-3-4-8-13)12(18)16-14(11(15)17-19)9-5-6-10-14/h19H,2-10H2,1H3,(H2,15,17)(H,16,18). The predicted octanol–water partition coefficient (Wildman–Crippen LogP) is 2.13. The molecule has 0 radical (unpaired) electrons. The summed E-state index contributed by atoms with van der Waals surface area (Å²) in [6, 6.07) is 0. The molecule has 108 valence electrons. The van der Waals surface area contributed by atoms with E-state index in [1.54, 1.807) is 0 Å². The van der Waals surface area contributed by atoms with Crippen LogP contribution in [0.15, 0.2) is 5.16 Å². The normalized spacial score (nSPS) is 25.4. The van der Waals surface area contributed by atoms with Crippen molar-refractivity contribution >= 4 is 11.7 Å². The van der Waals surface area contributed by atoms with Crippen LogP contribution in [0.2, 0.25) is 0 Å². The van der Waals surface area contributed by atoms with Crippen molar-refractivity contribution in [3.63, 3.8) is 0 Å². The van der Waals surface area contributed by atoms with Gasteiger partial charge in [0.1, 0.15) is 5.54 Å². The molecule has 0 heterocycles. The summed E-state index contributed by atoms with van der Waals surface area (Å²) in [5, 5.41) is 15.2. The molecule has 1 amide bonds. The number of hydrogen-bond donors (Lipinski definition) is 3. The zero-order valence-corrected chi connectivity index (χ0v) is 11.7. The van der Waals surface area contributed by atoms with Gasteiger partial charge in [-0.05, 0) is 32.1 Å². The molecule has 0 aromatic carbocycles. The highest BCUT2D eigenvalue weighted by atomic mass is 16.4. The highest BCUT2D eigenvalue weighted by Crippen LogP contribution is 2.42. The first-order chi connectivity index (χ1) is 9.08. The van der Waals surface area contributed by atoms with E-state index >= 15 is 0 Å². The van der Waals surface area contributed by atoms with E-state index in [0.29, 0.717) is 0 Å². The number of carbonyl (C=O) groups is 1. The van der Waals surface area contributed by atoms with E-state index in [-0.39, 0.29) is 17.2 Å². The Labute approximate surface area is 114 Å². The summed E-state index contributed by atoms with van der Waals surface area (Å²) in [6.07, 6.45) is 8.60.